The molecule has 0 saturated carbocycles. The number of ether oxygens (including phenoxy) is 2. The van der Waals surface area contributed by atoms with Gasteiger partial charge < -0.3 is 14.8 Å². The van der Waals surface area contributed by atoms with Crippen molar-refractivity contribution in [2.24, 2.45) is 0 Å². The van der Waals surface area contributed by atoms with Crippen molar-refractivity contribution in [1.82, 2.24) is 10.3 Å². The van der Waals surface area contributed by atoms with Crippen LogP contribution >= 0.6 is 11.3 Å². The molecule has 1 atom stereocenters. The molecule has 1 aromatic heterocycles. The van der Waals surface area contributed by atoms with E-state index in [0.717, 1.165) is 26.4 Å². The summed E-state index contributed by atoms with van der Waals surface area (Å²) in [5.41, 5.74) is 4.65. The Morgan fingerprint density at radius 1 is 1.03 bits per heavy atom. The number of thiazole rings is 1. The lowest BCUT2D eigenvalue weighted by Gasteiger charge is -2.16. The van der Waals surface area contributed by atoms with E-state index in [9.17, 15) is 9.59 Å². The van der Waals surface area contributed by atoms with Gasteiger partial charge in [-0.1, -0.05) is 12.1 Å². The van der Waals surface area contributed by atoms with Gasteiger partial charge in [-0.2, -0.15) is 0 Å². The molecule has 34 heavy (non-hydrogen) atoms. The van der Waals surface area contributed by atoms with Gasteiger partial charge in [0.1, 0.15) is 5.01 Å². The molecule has 2 amide bonds. The zero-order valence-corrected chi connectivity index (χ0v) is 19.2. The number of carbonyl (C=O) groups excluding carboxylic acids is 2. The molecule has 1 saturated heterocycles. The highest BCUT2D eigenvalue weighted by atomic mass is 32.1. The van der Waals surface area contributed by atoms with Crippen LogP contribution in [0.1, 0.15) is 17.5 Å². The molecule has 3 aromatic carbocycles. The number of anilines is 1. The molecule has 4 aromatic rings. The number of fused-ring (bicyclic) bond motifs is 2. The third kappa shape index (κ3) is 3.70. The topological polar surface area (TPSA) is 80.8 Å². The number of amides is 2. The van der Waals surface area contributed by atoms with Crippen LogP contribution in [-0.4, -0.2) is 29.6 Å². The number of carbonyl (C=O) groups is 2. The predicted molar refractivity (Wildman–Crippen MR) is 130 cm³/mol. The van der Waals surface area contributed by atoms with Gasteiger partial charge in [0.05, 0.1) is 28.4 Å². The quantitative estimate of drug-likeness (QED) is 0.434. The van der Waals surface area contributed by atoms with Crippen LogP contribution in [0.25, 0.3) is 20.8 Å². The number of benzene rings is 3. The van der Waals surface area contributed by atoms with Crippen molar-refractivity contribution in [2.45, 2.75) is 25.9 Å². The van der Waals surface area contributed by atoms with Crippen LogP contribution in [-0.2, 0) is 16.1 Å². The zero-order chi connectivity index (χ0) is 23.2. The second kappa shape index (κ2) is 8.23. The fourth-order valence-corrected chi connectivity index (χ4v) is 5.33. The van der Waals surface area contributed by atoms with Crippen molar-refractivity contribution < 1.29 is 19.1 Å². The molecular weight excluding hydrogens is 450 g/mol. The van der Waals surface area contributed by atoms with E-state index in [-0.39, 0.29) is 25.0 Å². The predicted octanol–water partition coefficient (Wildman–Crippen LogP) is 4.42. The molecule has 2 aliphatic rings. The number of hydrogen-bond donors (Lipinski definition) is 1. The van der Waals surface area contributed by atoms with E-state index >= 15 is 0 Å². The molecule has 0 bridgehead atoms. The molecule has 0 radical (unpaired) electrons. The highest BCUT2D eigenvalue weighted by Crippen LogP contribution is 2.34. The van der Waals surface area contributed by atoms with E-state index in [4.69, 9.17) is 14.5 Å². The standard InChI is InChI=1S/C26H21N3O4S/c1-15-2-8-19-23(10-15)34-25(28-19)17-4-6-18(7-5-17)29-24(30)12-20(26(29)31)27-13-16-3-9-21-22(11-16)33-14-32-21/h2-11,20,27H,12-14H2,1H3. The summed E-state index contributed by atoms with van der Waals surface area (Å²) in [6.45, 7) is 2.73. The molecule has 2 aliphatic heterocycles. The van der Waals surface area contributed by atoms with Gasteiger partial charge >= 0.3 is 0 Å². The summed E-state index contributed by atoms with van der Waals surface area (Å²) in [6.07, 6.45) is 0.127. The SMILES string of the molecule is Cc1ccc2nc(-c3ccc(N4C(=O)CC(NCc5ccc6c(c5)OCO6)C4=O)cc3)sc2c1. The smallest absolute Gasteiger partial charge is 0.251 e. The molecule has 0 aliphatic carbocycles. The summed E-state index contributed by atoms with van der Waals surface area (Å²) in [4.78, 5) is 31.7. The minimum absolute atomic E-state index is 0.127. The summed E-state index contributed by atoms with van der Waals surface area (Å²) in [7, 11) is 0. The van der Waals surface area contributed by atoms with Gasteiger partial charge in [0.2, 0.25) is 12.7 Å². The maximum Gasteiger partial charge on any atom is 0.251 e. The highest BCUT2D eigenvalue weighted by Gasteiger charge is 2.39. The Hall–Kier alpha value is -3.75. The first-order chi connectivity index (χ1) is 16.5. The van der Waals surface area contributed by atoms with Crippen molar-refractivity contribution >= 4 is 39.1 Å². The molecule has 6 rings (SSSR count). The molecule has 8 heteroatoms. The van der Waals surface area contributed by atoms with Crippen molar-refractivity contribution in [3.05, 3.63) is 71.8 Å². The Morgan fingerprint density at radius 2 is 1.85 bits per heavy atom. The fraction of sp³-hybridized carbons (Fsp3) is 0.192. The summed E-state index contributed by atoms with van der Waals surface area (Å²) < 4.78 is 11.9. The largest absolute Gasteiger partial charge is 0.454 e. The van der Waals surface area contributed by atoms with Gasteiger partial charge in [0.25, 0.3) is 5.91 Å². The zero-order valence-electron chi connectivity index (χ0n) is 18.4. The number of aryl methyl sites for hydroxylation is 1. The average molecular weight is 472 g/mol. The van der Waals surface area contributed by atoms with Gasteiger partial charge in [-0.05, 0) is 66.6 Å². The fourth-order valence-electron chi connectivity index (χ4n) is 4.26. The van der Waals surface area contributed by atoms with Gasteiger partial charge in [-0.25, -0.2) is 9.88 Å². The molecule has 1 unspecified atom stereocenters. The normalized spacial score (nSPS) is 17.2. The highest BCUT2D eigenvalue weighted by molar-refractivity contribution is 7.21. The second-order valence-corrected chi connectivity index (χ2v) is 9.46. The van der Waals surface area contributed by atoms with Gasteiger partial charge in [0.15, 0.2) is 11.5 Å². The first kappa shape index (κ1) is 20.8. The molecule has 7 nitrogen and oxygen atoms in total. The third-order valence-electron chi connectivity index (χ3n) is 6.05. The summed E-state index contributed by atoms with van der Waals surface area (Å²) in [5, 5.41) is 4.12. The first-order valence-electron chi connectivity index (χ1n) is 11.0. The second-order valence-electron chi connectivity index (χ2n) is 8.43. The summed E-state index contributed by atoms with van der Waals surface area (Å²) in [6, 6.07) is 18.7. The molecule has 1 fully saturated rings. The average Bonchev–Trinajstić information content (AvgIpc) is 3.54. The number of rotatable bonds is 5. The van der Waals surface area contributed by atoms with Crippen molar-refractivity contribution in [3.8, 4) is 22.1 Å². The Labute approximate surface area is 199 Å². The van der Waals surface area contributed by atoms with Crippen LogP contribution in [0.5, 0.6) is 11.5 Å². The Morgan fingerprint density at radius 3 is 2.71 bits per heavy atom. The number of hydrogen-bond acceptors (Lipinski definition) is 7. The van der Waals surface area contributed by atoms with Gasteiger partial charge in [-0.15, -0.1) is 11.3 Å². The van der Waals surface area contributed by atoms with E-state index in [1.807, 2.05) is 48.5 Å². The van der Waals surface area contributed by atoms with E-state index < -0.39 is 6.04 Å². The number of aromatic nitrogens is 1. The van der Waals surface area contributed by atoms with E-state index in [1.54, 1.807) is 11.3 Å². The van der Waals surface area contributed by atoms with E-state index in [0.29, 0.717) is 23.7 Å². The van der Waals surface area contributed by atoms with Crippen LogP contribution in [0.4, 0.5) is 5.69 Å². The minimum Gasteiger partial charge on any atom is -0.454 e. The summed E-state index contributed by atoms with van der Waals surface area (Å²) in [5.74, 6) is 0.954. The van der Waals surface area contributed by atoms with Gasteiger partial charge in [-0.3, -0.25) is 9.59 Å². The molecule has 3 heterocycles. The summed E-state index contributed by atoms with van der Waals surface area (Å²) >= 11 is 1.63. The van der Waals surface area contributed by atoms with E-state index in [2.05, 4.69) is 24.4 Å². The molecule has 170 valence electrons. The number of imide groups is 1. The molecule has 0 spiro atoms. The van der Waals surface area contributed by atoms with Crippen LogP contribution < -0.4 is 19.7 Å². The lowest BCUT2D eigenvalue weighted by Crippen LogP contribution is -2.38. The van der Waals surface area contributed by atoms with Gasteiger partial charge in [0, 0.05) is 12.1 Å². The van der Waals surface area contributed by atoms with Crippen molar-refractivity contribution in [1.29, 1.82) is 0 Å². The number of nitrogens with one attached hydrogen (secondary N) is 1. The monoisotopic (exact) mass is 471 g/mol. The van der Waals surface area contributed by atoms with Crippen molar-refractivity contribution in [3.63, 3.8) is 0 Å². The minimum atomic E-state index is -0.565. The first-order valence-corrected chi connectivity index (χ1v) is 11.8. The molecule has 1 N–H and O–H groups in total. The third-order valence-corrected chi connectivity index (χ3v) is 7.12. The Bertz CT molecular complexity index is 1430. The Kier molecular flexibility index (Phi) is 5.04. The number of nitrogens with zero attached hydrogens (tertiary/aromatic N) is 2. The van der Waals surface area contributed by atoms with Crippen LogP contribution in [0.2, 0.25) is 0 Å². The van der Waals surface area contributed by atoms with E-state index in [1.165, 1.54) is 10.5 Å². The maximum atomic E-state index is 13.0. The Balaban J connectivity index is 1.16. The maximum absolute atomic E-state index is 13.0. The van der Waals surface area contributed by atoms with Crippen LogP contribution in [0.15, 0.2) is 60.7 Å². The van der Waals surface area contributed by atoms with Crippen molar-refractivity contribution in [2.75, 3.05) is 11.7 Å². The van der Waals surface area contributed by atoms with Crippen LogP contribution in [0, 0.1) is 6.92 Å². The lowest BCUT2D eigenvalue weighted by atomic mass is 10.1. The lowest BCUT2D eigenvalue weighted by molar-refractivity contribution is -0.121. The molecular formula is C26H21N3O4S. The van der Waals surface area contributed by atoms with Crippen LogP contribution in [0.3, 0.4) is 0 Å².